The Morgan fingerprint density at radius 2 is 1.79 bits per heavy atom. The van der Waals surface area contributed by atoms with E-state index >= 15 is 0 Å². The minimum absolute atomic E-state index is 0.0112. The lowest BCUT2D eigenvalue weighted by Gasteiger charge is -2.38. The third-order valence-electron chi connectivity index (χ3n) is 8.15. The average molecular weight is 528 g/mol. The largest absolute Gasteiger partial charge is 0.396 e. The van der Waals surface area contributed by atoms with Gasteiger partial charge in [-0.25, -0.2) is 0 Å². The first-order valence-corrected chi connectivity index (χ1v) is 14.1. The van der Waals surface area contributed by atoms with E-state index in [4.69, 9.17) is 4.74 Å². The minimum Gasteiger partial charge on any atom is -0.396 e. The molecule has 3 amide bonds. The van der Waals surface area contributed by atoms with E-state index in [0.717, 1.165) is 18.4 Å². The van der Waals surface area contributed by atoms with Crippen molar-refractivity contribution in [2.24, 2.45) is 17.3 Å². The molecule has 0 aromatic heterocycles. The van der Waals surface area contributed by atoms with Crippen molar-refractivity contribution in [3.63, 3.8) is 0 Å². The fourth-order valence-corrected chi connectivity index (χ4v) is 7.24. The summed E-state index contributed by atoms with van der Waals surface area (Å²) in [5.41, 5.74) is -0.466. The van der Waals surface area contributed by atoms with Gasteiger partial charge in [-0.2, -0.15) is 0 Å². The Morgan fingerprint density at radius 3 is 2.45 bits per heavy atom. The quantitative estimate of drug-likeness (QED) is 0.383. The van der Waals surface area contributed by atoms with Crippen molar-refractivity contribution in [2.45, 2.75) is 103 Å². The lowest BCUT2D eigenvalue weighted by Crippen LogP contribution is -2.59. The number of carbonyl (C=O) groups is 3. The van der Waals surface area contributed by atoms with Crippen LogP contribution in [0.4, 0.5) is 0 Å². The number of aliphatic hydroxyl groups excluding tert-OH is 1. The zero-order valence-electron chi connectivity index (χ0n) is 23.6. The van der Waals surface area contributed by atoms with E-state index in [1.54, 1.807) is 4.90 Å². The van der Waals surface area contributed by atoms with E-state index in [0.29, 0.717) is 38.8 Å². The van der Waals surface area contributed by atoms with E-state index in [1.807, 2.05) is 44.2 Å². The fourth-order valence-electron chi connectivity index (χ4n) is 7.24. The van der Waals surface area contributed by atoms with Gasteiger partial charge in [0.2, 0.25) is 17.7 Å². The number of unbranched alkanes of at least 4 members (excludes halogenated alkanes) is 2. The summed E-state index contributed by atoms with van der Waals surface area (Å²) in [5.74, 6) is -1.84. The first kappa shape index (κ1) is 28.6. The van der Waals surface area contributed by atoms with Crippen molar-refractivity contribution in [3.8, 4) is 0 Å². The summed E-state index contributed by atoms with van der Waals surface area (Å²) in [6.45, 7) is 11.3. The zero-order valence-corrected chi connectivity index (χ0v) is 23.6. The van der Waals surface area contributed by atoms with Gasteiger partial charge in [-0.15, -0.1) is 0 Å². The Labute approximate surface area is 226 Å². The van der Waals surface area contributed by atoms with Crippen molar-refractivity contribution >= 4 is 17.7 Å². The minimum atomic E-state index is -0.991. The molecular formula is C30H45N3O5. The number of likely N-dealkylation sites (tertiary alicyclic amines) is 1. The Kier molecular flexibility index (Phi) is 8.24. The van der Waals surface area contributed by atoms with Crippen LogP contribution >= 0.6 is 0 Å². The molecule has 3 aliphatic heterocycles. The van der Waals surface area contributed by atoms with Crippen LogP contribution in [-0.4, -0.2) is 64.2 Å². The summed E-state index contributed by atoms with van der Waals surface area (Å²) < 4.78 is 6.52. The molecule has 4 rings (SSSR count). The number of aliphatic hydroxyl groups is 1. The highest BCUT2D eigenvalue weighted by atomic mass is 16.5. The van der Waals surface area contributed by atoms with Crippen LogP contribution in [0.3, 0.4) is 0 Å². The molecule has 2 unspecified atom stereocenters. The van der Waals surface area contributed by atoms with Crippen LogP contribution in [0.2, 0.25) is 0 Å². The van der Waals surface area contributed by atoms with Crippen LogP contribution in [0.5, 0.6) is 0 Å². The number of benzene rings is 1. The topological polar surface area (TPSA) is 108 Å². The highest BCUT2D eigenvalue weighted by molar-refractivity contribution is 5.99. The number of nitrogens with one attached hydrogen (secondary N) is 2. The third kappa shape index (κ3) is 5.76. The number of ether oxygens (including phenoxy) is 1. The normalized spacial score (nSPS) is 28.5. The lowest BCUT2D eigenvalue weighted by atomic mass is 9.70. The summed E-state index contributed by atoms with van der Waals surface area (Å²) in [6.07, 6.45) is 3.73. The lowest BCUT2D eigenvalue weighted by molar-refractivity contribution is -0.143. The SMILES string of the molecule is CC(C)(C)CC(C)(C)NC(=O)C1N(CCCCCO)C(=O)[C@@H]2[C@@H](C(=O)NCc3ccccc3)[C@H]3CCC12O3. The van der Waals surface area contributed by atoms with Crippen molar-refractivity contribution in [1.82, 2.24) is 15.5 Å². The predicted molar refractivity (Wildman–Crippen MR) is 145 cm³/mol. The molecule has 0 radical (unpaired) electrons. The van der Waals surface area contributed by atoms with Gasteiger partial charge in [-0.05, 0) is 63.4 Å². The summed E-state index contributed by atoms with van der Waals surface area (Å²) >= 11 is 0. The molecule has 1 aromatic rings. The molecule has 2 bridgehead atoms. The Bertz CT molecular complexity index is 1020. The summed E-state index contributed by atoms with van der Waals surface area (Å²) in [5, 5.41) is 15.5. The van der Waals surface area contributed by atoms with Crippen LogP contribution in [0.25, 0.3) is 0 Å². The maximum atomic E-state index is 14.0. The highest BCUT2D eigenvalue weighted by Crippen LogP contribution is 2.58. The molecule has 3 aliphatic rings. The average Bonchev–Trinajstić information content (AvgIpc) is 3.46. The number of hydrogen-bond donors (Lipinski definition) is 3. The molecule has 8 nitrogen and oxygen atoms in total. The van der Waals surface area contributed by atoms with E-state index < -0.39 is 29.0 Å². The van der Waals surface area contributed by atoms with Gasteiger partial charge in [-0.1, -0.05) is 51.1 Å². The standard InChI is InChI=1S/C30H45N3O5/c1-28(2,3)19-29(4,5)32-26(36)24-30-15-14-21(38-30)22(25(35)31-18-20-12-8-6-9-13-20)23(30)27(37)33(24)16-10-7-11-17-34/h6,8-9,12-13,21-24,34H,7,10-11,14-19H2,1-5H3,(H,31,35)(H,32,36)/t21-,22+,23+,24?,30?/m1/s1. The van der Waals surface area contributed by atoms with Gasteiger partial charge >= 0.3 is 0 Å². The van der Waals surface area contributed by atoms with Crippen LogP contribution in [0.1, 0.15) is 78.7 Å². The van der Waals surface area contributed by atoms with Gasteiger partial charge < -0.3 is 25.4 Å². The number of rotatable bonds is 11. The second-order valence-electron chi connectivity index (χ2n) is 13.2. The van der Waals surface area contributed by atoms with Crippen LogP contribution < -0.4 is 10.6 Å². The van der Waals surface area contributed by atoms with Gasteiger partial charge in [-0.3, -0.25) is 14.4 Å². The van der Waals surface area contributed by atoms with Gasteiger partial charge in [0.05, 0.1) is 17.9 Å². The van der Waals surface area contributed by atoms with Gasteiger partial charge in [0.25, 0.3) is 0 Å². The Morgan fingerprint density at radius 1 is 1.08 bits per heavy atom. The first-order chi connectivity index (χ1) is 17.9. The first-order valence-electron chi connectivity index (χ1n) is 14.1. The molecule has 0 aliphatic carbocycles. The molecule has 210 valence electrons. The van der Waals surface area contributed by atoms with E-state index in [1.165, 1.54) is 0 Å². The summed E-state index contributed by atoms with van der Waals surface area (Å²) in [6, 6.07) is 8.92. The predicted octanol–water partition coefficient (Wildman–Crippen LogP) is 3.17. The van der Waals surface area contributed by atoms with Gasteiger partial charge in [0.1, 0.15) is 11.6 Å². The van der Waals surface area contributed by atoms with Crippen molar-refractivity contribution in [3.05, 3.63) is 35.9 Å². The number of carbonyl (C=O) groups excluding carboxylic acids is 3. The monoisotopic (exact) mass is 527 g/mol. The zero-order chi connectivity index (χ0) is 27.7. The van der Waals surface area contributed by atoms with Crippen molar-refractivity contribution < 1.29 is 24.2 Å². The molecule has 1 aromatic carbocycles. The van der Waals surface area contributed by atoms with E-state index in [9.17, 15) is 19.5 Å². The number of nitrogens with zero attached hydrogens (tertiary/aromatic N) is 1. The second kappa shape index (κ2) is 11.0. The van der Waals surface area contributed by atoms with Crippen LogP contribution in [0, 0.1) is 17.3 Å². The molecule has 38 heavy (non-hydrogen) atoms. The van der Waals surface area contributed by atoms with Gasteiger partial charge in [0.15, 0.2) is 0 Å². The number of fused-ring (bicyclic) bond motifs is 1. The summed E-state index contributed by atoms with van der Waals surface area (Å²) in [4.78, 5) is 43.1. The molecule has 1 spiro atoms. The maximum Gasteiger partial charge on any atom is 0.246 e. The number of amides is 3. The van der Waals surface area contributed by atoms with Crippen LogP contribution in [-0.2, 0) is 25.7 Å². The number of hydrogen-bond acceptors (Lipinski definition) is 5. The molecule has 3 fully saturated rings. The molecule has 3 heterocycles. The molecular weight excluding hydrogens is 482 g/mol. The molecule has 3 saturated heterocycles. The smallest absolute Gasteiger partial charge is 0.246 e. The molecule has 5 atom stereocenters. The van der Waals surface area contributed by atoms with Crippen molar-refractivity contribution in [1.29, 1.82) is 0 Å². The van der Waals surface area contributed by atoms with E-state index in [-0.39, 0.29) is 35.8 Å². The second-order valence-corrected chi connectivity index (χ2v) is 13.2. The van der Waals surface area contributed by atoms with Crippen LogP contribution in [0.15, 0.2) is 30.3 Å². The fraction of sp³-hybridized carbons (Fsp3) is 0.700. The molecule has 3 N–H and O–H groups in total. The van der Waals surface area contributed by atoms with Gasteiger partial charge in [0, 0.05) is 25.2 Å². The Balaban J connectivity index is 1.58. The Hall–Kier alpha value is -2.45. The highest BCUT2D eigenvalue weighted by Gasteiger charge is 2.74. The van der Waals surface area contributed by atoms with Crippen molar-refractivity contribution in [2.75, 3.05) is 13.2 Å². The molecule has 0 saturated carbocycles. The third-order valence-corrected chi connectivity index (χ3v) is 8.15. The van der Waals surface area contributed by atoms with E-state index in [2.05, 4.69) is 31.4 Å². The summed E-state index contributed by atoms with van der Waals surface area (Å²) in [7, 11) is 0. The maximum absolute atomic E-state index is 14.0. The molecule has 8 heteroatoms.